The first-order valence-corrected chi connectivity index (χ1v) is 14.7. The molecule has 5 rings (SSSR count). The van der Waals surface area contributed by atoms with E-state index in [4.69, 9.17) is 11.1 Å². The van der Waals surface area contributed by atoms with E-state index in [1.54, 1.807) is 12.1 Å². The van der Waals surface area contributed by atoms with Crippen molar-refractivity contribution in [1.29, 1.82) is 5.41 Å². The third kappa shape index (κ3) is 5.67. The molecule has 236 valence electrons. The zero-order chi connectivity index (χ0) is 32.1. The number of nitrogens with zero attached hydrogens (tertiary/aromatic N) is 5. The number of nitrogens with one attached hydrogen (secondary N) is 1. The number of hydrogen-bond donors (Lipinski definition) is 3. The number of benzene rings is 2. The van der Waals surface area contributed by atoms with Crippen molar-refractivity contribution in [2.24, 2.45) is 11.7 Å². The number of hydrogen-bond acceptors (Lipinski definition) is 7. The number of anilines is 1. The lowest BCUT2D eigenvalue weighted by Gasteiger charge is -2.47. The second-order valence-corrected chi connectivity index (χ2v) is 12.5. The summed E-state index contributed by atoms with van der Waals surface area (Å²) in [5.41, 5.74) is 4.91. The monoisotopic (exact) mass is 641 g/mol. The van der Waals surface area contributed by atoms with Crippen LogP contribution in [0.1, 0.15) is 39.6 Å². The van der Waals surface area contributed by atoms with E-state index in [1.165, 1.54) is 36.2 Å². The molecule has 0 saturated carbocycles. The van der Waals surface area contributed by atoms with Gasteiger partial charge < -0.3 is 15.7 Å². The zero-order valence-electron chi connectivity index (χ0n) is 23.2. The summed E-state index contributed by atoms with van der Waals surface area (Å²) < 4.78 is 102. The number of carbonyl (C=O) groups is 1. The minimum absolute atomic E-state index is 0.0723. The lowest BCUT2D eigenvalue weighted by Crippen LogP contribution is -2.60. The lowest BCUT2D eigenvalue weighted by molar-refractivity contribution is -0.219. The maximum Gasteiger partial charge on any atom is 0.395 e. The van der Waals surface area contributed by atoms with Gasteiger partial charge >= 0.3 is 6.18 Å². The highest BCUT2D eigenvalue weighted by atomic mass is 32.2. The van der Waals surface area contributed by atoms with Gasteiger partial charge in [-0.05, 0) is 24.1 Å². The highest BCUT2D eigenvalue weighted by molar-refractivity contribution is 7.86. The smallest absolute Gasteiger partial charge is 0.392 e. The van der Waals surface area contributed by atoms with Crippen molar-refractivity contribution in [2.75, 3.05) is 31.6 Å². The molecule has 1 aromatic heterocycles. The van der Waals surface area contributed by atoms with Crippen molar-refractivity contribution >= 4 is 27.8 Å². The fraction of sp³-hybridized carbons (Fsp3) is 0.370. The van der Waals surface area contributed by atoms with Crippen LogP contribution in [0.5, 0.6) is 0 Å². The number of nitrogen functional groups attached to an aromatic ring is 1. The number of β-amino-alcohol motifs (C(OH)–C–C–N with tert-alkyl or cyclic N) is 1. The van der Waals surface area contributed by atoms with Crippen LogP contribution < -0.4 is 10.6 Å². The van der Waals surface area contributed by atoms with Crippen molar-refractivity contribution in [2.45, 2.75) is 31.3 Å². The number of halogens is 5. The van der Waals surface area contributed by atoms with Gasteiger partial charge in [-0.1, -0.05) is 36.4 Å². The number of aliphatic hydroxyl groups excluding tert-OH is 1. The Kier molecular flexibility index (Phi) is 8.25. The summed E-state index contributed by atoms with van der Waals surface area (Å²) in [6, 6.07) is 8.71. The lowest BCUT2D eigenvalue weighted by atomic mass is 9.88. The van der Waals surface area contributed by atoms with E-state index in [-0.39, 0.29) is 31.9 Å². The van der Waals surface area contributed by atoms with Gasteiger partial charge in [0.2, 0.25) is 0 Å². The van der Waals surface area contributed by atoms with Crippen LogP contribution in [0.25, 0.3) is 0 Å². The summed E-state index contributed by atoms with van der Waals surface area (Å²) in [7, 11) is -3.27. The van der Waals surface area contributed by atoms with Crippen molar-refractivity contribution in [3.05, 3.63) is 82.5 Å². The first kappa shape index (κ1) is 31.5. The molecule has 0 spiro atoms. The summed E-state index contributed by atoms with van der Waals surface area (Å²) >= 11 is 0. The summed E-state index contributed by atoms with van der Waals surface area (Å²) in [6.07, 6.45) is -5.90. The second-order valence-electron chi connectivity index (χ2n) is 10.7. The Bertz CT molecular complexity index is 1700. The minimum Gasteiger partial charge on any atom is -0.392 e. The quantitative estimate of drug-likeness (QED) is 0.195. The minimum atomic E-state index is -4.96. The fourth-order valence-electron chi connectivity index (χ4n) is 5.34. The number of rotatable bonds is 8. The molecule has 44 heavy (non-hydrogen) atoms. The Morgan fingerprint density at radius 1 is 1.14 bits per heavy atom. The molecule has 2 aliphatic rings. The predicted molar refractivity (Wildman–Crippen MR) is 148 cm³/mol. The molecule has 4 N–H and O–H groups in total. The first-order chi connectivity index (χ1) is 20.6. The normalized spacial score (nSPS) is 21.3. The number of alkyl halides is 3. The number of carbonyl (C=O) groups excluding carboxylic acids is 1. The molecule has 17 heteroatoms. The molecular weight excluding hydrogens is 613 g/mol. The average Bonchev–Trinajstić information content (AvgIpc) is 3.51. The Morgan fingerprint density at radius 3 is 2.36 bits per heavy atom. The van der Waals surface area contributed by atoms with Crippen LogP contribution in [0.4, 0.5) is 27.8 Å². The predicted octanol–water partition coefficient (Wildman–Crippen LogP) is 2.62. The third-order valence-corrected chi connectivity index (χ3v) is 9.64. The molecule has 3 aromatic rings. The second kappa shape index (κ2) is 11.5. The van der Waals surface area contributed by atoms with Gasteiger partial charge in [-0.3, -0.25) is 10.2 Å². The van der Waals surface area contributed by atoms with Gasteiger partial charge in [-0.2, -0.15) is 40.0 Å². The summed E-state index contributed by atoms with van der Waals surface area (Å²) in [6.45, 7) is -1.64. The van der Waals surface area contributed by atoms with Gasteiger partial charge in [0.1, 0.15) is 17.3 Å². The summed E-state index contributed by atoms with van der Waals surface area (Å²) in [4.78, 5) is 14.7. The van der Waals surface area contributed by atoms with Crippen molar-refractivity contribution in [1.82, 2.24) is 18.4 Å². The van der Waals surface area contributed by atoms with Gasteiger partial charge in [-0.15, -0.1) is 0 Å². The van der Waals surface area contributed by atoms with Gasteiger partial charge in [0.15, 0.2) is 11.6 Å². The van der Waals surface area contributed by atoms with E-state index in [9.17, 15) is 35.9 Å². The van der Waals surface area contributed by atoms with Crippen molar-refractivity contribution < 1.29 is 40.3 Å². The van der Waals surface area contributed by atoms with Crippen LogP contribution in [0.15, 0.2) is 48.5 Å². The maximum absolute atomic E-state index is 16.4. The summed E-state index contributed by atoms with van der Waals surface area (Å²) in [5, 5.41) is 21.2. The Morgan fingerprint density at radius 2 is 1.80 bits per heavy atom. The fourth-order valence-corrected chi connectivity index (χ4v) is 7.22. The molecule has 2 saturated heterocycles. The van der Waals surface area contributed by atoms with Crippen LogP contribution in [-0.4, -0.2) is 82.6 Å². The van der Waals surface area contributed by atoms with Crippen LogP contribution in [0.3, 0.4) is 0 Å². The highest BCUT2D eigenvalue weighted by Gasteiger charge is 2.61. The van der Waals surface area contributed by atoms with Crippen LogP contribution in [0.2, 0.25) is 0 Å². The van der Waals surface area contributed by atoms with Gasteiger partial charge in [0, 0.05) is 38.8 Å². The molecule has 3 atom stereocenters. The molecule has 0 bridgehead atoms. The Labute approximate surface area is 249 Å². The largest absolute Gasteiger partial charge is 0.395 e. The summed E-state index contributed by atoms with van der Waals surface area (Å²) in [5.74, 6) is -6.75. The van der Waals surface area contributed by atoms with Gasteiger partial charge in [-0.25, -0.2) is 8.78 Å². The van der Waals surface area contributed by atoms with E-state index >= 15 is 4.39 Å². The van der Waals surface area contributed by atoms with Gasteiger partial charge in [0.25, 0.3) is 16.1 Å². The first-order valence-electron chi connectivity index (χ1n) is 13.3. The number of aliphatic hydroxyl groups is 1. The molecule has 2 aliphatic heterocycles. The topological polar surface area (TPSA) is 149 Å². The molecular formula is C27H28F5N7O4S. The highest BCUT2D eigenvalue weighted by Crippen LogP contribution is 2.50. The van der Waals surface area contributed by atoms with E-state index < -0.39 is 75.6 Å². The Balaban J connectivity index is 1.61. The van der Waals surface area contributed by atoms with Gasteiger partial charge in [0.05, 0.1) is 23.6 Å². The van der Waals surface area contributed by atoms with E-state index in [1.807, 2.05) is 0 Å². The molecule has 0 radical (unpaired) electrons. The molecule has 2 fully saturated rings. The van der Waals surface area contributed by atoms with Crippen LogP contribution >= 0.6 is 0 Å². The molecule has 3 unspecified atom stereocenters. The molecule has 2 aromatic carbocycles. The van der Waals surface area contributed by atoms with Crippen molar-refractivity contribution in [3.8, 4) is 0 Å². The van der Waals surface area contributed by atoms with Crippen LogP contribution in [-0.2, 0) is 16.8 Å². The average molecular weight is 642 g/mol. The number of amidine groups is 1. The van der Waals surface area contributed by atoms with E-state index in [2.05, 4.69) is 5.10 Å². The zero-order valence-corrected chi connectivity index (χ0v) is 24.0. The molecule has 0 aliphatic carbocycles. The molecule has 11 nitrogen and oxygen atoms in total. The SMILES string of the molecule is CN(Cc1ccc(C(=N)N)cc1)c1c(F)c(C2C(C(F)(F)F)CN2S(=O)(=O)N2CCC(O)C2)nn1C(=O)c1ccccc1F. The van der Waals surface area contributed by atoms with E-state index in [0.717, 1.165) is 16.4 Å². The third-order valence-electron chi connectivity index (χ3n) is 7.69. The number of nitrogens with two attached hydrogens (primary N) is 1. The number of aromatic nitrogens is 2. The van der Waals surface area contributed by atoms with E-state index in [0.29, 0.717) is 20.1 Å². The maximum atomic E-state index is 16.4. The van der Waals surface area contributed by atoms with Crippen molar-refractivity contribution in [3.63, 3.8) is 0 Å². The Hall–Kier alpha value is -3.93. The molecule has 0 amide bonds. The standard InChI is InChI=1S/C27H28F5N7O4S/c1-36(12-15-6-8-16(9-7-15)24(33)34)25-21(29)22(35-39(25)26(41)18-4-2-3-5-20(18)28)23-19(27(30,31)32)14-38(23)44(42,43)37-11-10-17(40)13-37/h2-9,17,19,23,40H,10-14H2,1H3,(H3,33,34). The van der Waals surface area contributed by atoms with Crippen LogP contribution in [0, 0.1) is 23.0 Å². The molecule has 3 heterocycles.